The molecule has 0 spiro atoms. The van der Waals surface area contributed by atoms with Gasteiger partial charge in [-0.2, -0.15) is 9.61 Å². The Hall–Kier alpha value is -3.43. The molecule has 3 aromatic rings. The van der Waals surface area contributed by atoms with Crippen molar-refractivity contribution in [2.75, 3.05) is 5.73 Å². The van der Waals surface area contributed by atoms with E-state index in [1.807, 2.05) is 20.8 Å². The number of fused-ring (bicyclic) bond motifs is 1. The lowest BCUT2D eigenvalue weighted by atomic mass is 9.96. The molecule has 0 unspecified atom stereocenters. The van der Waals surface area contributed by atoms with Gasteiger partial charge in [0.15, 0.2) is 11.4 Å². The first-order valence-corrected chi connectivity index (χ1v) is 9.39. The van der Waals surface area contributed by atoms with Crippen molar-refractivity contribution in [1.29, 1.82) is 0 Å². The number of anilines is 1. The third-order valence-corrected chi connectivity index (χ3v) is 4.59. The topological polar surface area (TPSA) is 140 Å². The van der Waals surface area contributed by atoms with E-state index in [4.69, 9.17) is 5.73 Å². The van der Waals surface area contributed by atoms with Crippen LogP contribution < -0.4 is 16.6 Å². The first kappa shape index (κ1) is 18.9. The van der Waals surface area contributed by atoms with Crippen LogP contribution >= 0.6 is 0 Å². The molecule has 4 rings (SSSR count). The van der Waals surface area contributed by atoms with Crippen molar-refractivity contribution in [1.82, 2.24) is 29.5 Å². The zero-order valence-corrected chi connectivity index (χ0v) is 16.5. The van der Waals surface area contributed by atoms with Gasteiger partial charge in [-0.05, 0) is 18.3 Å². The SMILES string of the molecule is CC(C)(C)Cn1c(O)c(C(=O)NC2CC2)c(=O)n2nc(-c3nccnc3N)cc12. The van der Waals surface area contributed by atoms with Gasteiger partial charge in [0.1, 0.15) is 17.0 Å². The van der Waals surface area contributed by atoms with Crippen molar-refractivity contribution in [3.63, 3.8) is 0 Å². The monoisotopic (exact) mass is 397 g/mol. The zero-order valence-electron chi connectivity index (χ0n) is 16.5. The predicted molar refractivity (Wildman–Crippen MR) is 106 cm³/mol. The standard InChI is InChI=1S/C19H23N7O3/c1-19(2,3)9-25-12-8-11(14-15(20)22-7-6-21-14)24-26(12)18(29)13(17(25)28)16(27)23-10-4-5-10/h6-8,10,28H,4-5,9H2,1-3H3,(H2,20,22)(H,23,27). The molecular formula is C19H23N7O3. The van der Waals surface area contributed by atoms with E-state index in [-0.39, 0.29) is 28.7 Å². The molecule has 1 fully saturated rings. The number of hydrogen-bond donors (Lipinski definition) is 3. The Labute approximate surface area is 166 Å². The molecule has 29 heavy (non-hydrogen) atoms. The number of nitrogens with zero attached hydrogens (tertiary/aromatic N) is 5. The van der Waals surface area contributed by atoms with Gasteiger partial charge in [-0.1, -0.05) is 20.8 Å². The Morgan fingerprint density at radius 1 is 1.31 bits per heavy atom. The van der Waals surface area contributed by atoms with Crippen LogP contribution in [-0.4, -0.2) is 41.2 Å². The third-order valence-electron chi connectivity index (χ3n) is 4.59. The Morgan fingerprint density at radius 3 is 2.62 bits per heavy atom. The fraction of sp³-hybridized carbons (Fsp3) is 0.421. The lowest BCUT2D eigenvalue weighted by molar-refractivity contribution is 0.0944. The lowest BCUT2D eigenvalue weighted by Gasteiger charge is -2.23. The number of carbonyl (C=O) groups is 1. The van der Waals surface area contributed by atoms with E-state index in [0.29, 0.717) is 23.6 Å². The van der Waals surface area contributed by atoms with Gasteiger partial charge in [-0.15, -0.1) is 0 Å². The second kappa shape index (κ2) is 6.57. The molecule has 10 nitrogen and oxygen atoms in total. The highest BCUT2D eigenvalue weighted by atomic mass is 16.3. The molecule has 1 aliphatic carbocycles. The maximum atomic E-state index is 13.0. The molecule has 0 saturated heterocycles. The number of aromatic hydroxyl groups is 1. The van der Waals surface area contributed by atoms with Crippen molar-refractivity contribution < 1.29 is 9.90 Å². The highest BCUT2D eigenvalue weighted by molar-refractivity contribution is 5.96. The fourth-order valence-corrected chi connectivity index (χ4v) is 3.13. The van der Waals surface area contributed by atoms with Gasteiger partial charge < -0.3 is 16.2 Å². The van der Waals surface area contributed by atoms with Gasteiger partial charge in [0.2, 0.25) is 5.88 Å². The Kier molecular flexibility index (Phi) is 4.29. The van der Waals surface area contributed by atoms with Gasteiger partial charge >= 0.3 is 0 Å². The van der Waals surface area contributed by atoms with Gasteiger partial charge in [0.05, 0.1) is 0 Å². The van der Waals surface area contributed by atoms with Crippen molar-refractivity contribution in [2.45, 2.75) is 46.2 Å². The number of nitrogens with two attached hydrogens (primary N) is 1. The second-order valence-electron chi connectivity index (χ2n) is 8.49. The molecule has 0 atom stereocenters. The highest BCUT2D eigenvalue weighted by Crippen LogP contribution is 2.28. The van der Waals surface area contributed by atoms with Gasteiger partial charge in [-0.3, -0.25) is 14.2 Å². The average Bonchev–Trinajstić information content (AvgIpc) is 3.33. The molecule has 0 bridgehead atoms. The number of hydrogen-bond acceptors (Lipinski definition) is 7. The van der Waals surface area contributed by atoms with Crippen LogP contribution in [0.5, 0.6) is 5.88 Å². The van der Waals surface area contributed by atoms with E-state index < -0.39 is 11.5 Å². The summed E-state index contributed by atoms with van der Waals surface area (Å²) in [6.07, 6.45) is 4.66. The van der Waals surface area contributed by atoms with Crippen LogP contribution in [0.2, 0.25) is 0 Å². The minimum atomic E-state index is -0.700. The molecule has 0 aliphatic heterocycles. The molecule has 1 aliphatic rings. The summed E-state index contributed by atoms with van der Waals surface area (Å²) in [7, 11) is 0. The van der Waals surface area contributed by atoms with Crippen LogP contribution in [0.3, 0.4) is 0 Å². The molecule has 3 heterocycles. The summed E-state index contributed by atoms with van der Waals surface area (Å²) in [5.74, 6) is -0.814. The van der Waals surface area contributed by atoms with E-state index >= 15 is 0 Å². The predicted octanol–water partition coefficient (Wildman–Crippen LogP) is 1.18. The number of aromatic nitrogens is 5. The molecule has 152 valence electrons. The number of nitrogens with one attached hydrogen (secondary N) is 1. The van der Waals surface area contributed by atoms with E-state index in [9.17, 15) is 14.7 Å². The minimum absolute atomic E-state index is 0.0423. The number of carbonyl (C=O) groups excluding carboxylic acids is 1. The first-order valence-electron chi connectivity index (χ1n) is 9.39. The Bertz CT molecular complexity index is 1170. The highest BCUT2D eigenvalue weighted by Gasteiger charge is 2.30. The smallest absolute Gasteiger partial charge is 0.291 e. The molecule has 0 radical (unpaired) electrons. The third kappa shape index (κ3) is 3.53. The minimum Gasteiger partial charge on any atom is -0.494 e. The van der Waals surface area contributed by atoms with Crippen molar-refractivity contribution >= 4 is 17.4 Å². The number of nitrogen functional groups attached to an aromatic ring is 1. The summed E-state index contributed by atoms with van der Waals surface area (Å²) in [6, 6.07) is 1.65. The van der Waals surface area contributed by atoms with Gasteiger partial charge in [0, 0.05) is 31.0 Å². The van der Waals surface area contributed by atoms with Crippen LogP contribution in [0.25, 0.3) is 17.0 Å². The fourth-order valence-electron chi connectivity index (χ4n) is 3.13. The summed E-state index contributed by atoms with van der Waals surface area (Å²) >= 11 is 0. The van der Waals surface area contributed by atoms with Crippen LogP contribution in [0, 0.1) is 5.41 Å². The van der Waals surface area contributed by atoms with Crippen LogP contribution in [0.4, 0.5) is 5.82 Å². The zero-order chi connectivity index (χ0) is 20.9. The summed E-state index contributed by atoms with van der Waals surface area (Å²) in [6.45, 7) is 6.32. The van der Waals surface area contributed by atoms with E-state index in [2.05, 4.69) is 20.4 Å². The largest absolute Gasteiger partial charge is 0.494 e. The Balaban J connectivity index is 1.96. The average molecular weight is 397 g/mol. The second-order valence-corrected chi connectivity index (χ2v) is 8.49. The van der Waals surface area contributed by atoms with Crippen molar-refractivity contribution in [3.8, 4) is 17.3 Å². The van der Waals surface area contributed by atoms with Crippen LogP contribution in [-0.2, 0) is 6.54 Å². The first-order chi connectivity index (χ1) is 13.7. The summed E-state index contributed by atoms with van der Waals surface area (Å²) in [5, 5.41) is 18.0. The van der Waals surface area contributed by atoms with Crippen molar-refractivity contribution in [3.05, 3.63) is 34.4 Å². The van der Waals surface area contributed by atoms with Crippen LogP contribution in [0.1, 0.15) is 44.0 Å². The maximum Gasteiger partial charge on any atom is 0.291 e. The molecule has 1 saturated carbocycles. The van der Waals surface area contributed by atoms with Crippen molar-refractivity contribution in [2.24, 2.45) is 5.41 Å². The normalized spacial score (nSPS) is 14.3. The molecule has 0 aromatic carbocycles. The molecule has 10 heteroatoms. The number of amides is 1. The van der Waals surface area contributed by atoms with Crippen LogP contribution in [0.15, 0.2) is 23.3 Å². The summed E-state index contributed by atoms with van der Waals surface area (Å²) in [5.41, 5.74) is 5.62. The summed E-state index contributed by atoms with van der Waals surface area (Å²) in [4.78, 5) is 33.9. The van der Waals surface area contributed by atoms with E-state index in [1.54, 1.807) is 6.07 Å². The van der Waals surface area contributed by atoms with Gasteiger partial charge in [-0.25, -0.2) is 9.97 Å². The number of rotatable bonds is 4. The Morgan fingerprint density at radius 2 is 2.00 bits per heavy atom. The van der Waals surface area contributed by atoms with E-state index in [0.717, 1.165) is 17.4 Å². The molecule has 1 amide bonds. The molecular weight excluding hydrogens is 374 g/mol. The maximum absolute atomic E-state index is 13.0. The summed E-state index contributed by atoms with van der Waals surface area (Å²) < 4.78 is 2.63. The van der Waals surface area contributed by atoms with Gasteiger partial charge in [0.25, 0.3) is 11.5 Å². The quantitative estimate of drug-likeness (QED) is 0.600. The lowest BCUT2D eigenvalue weighted by Crippen LogP contribution is -2.35. The molecule has 3 aromatic heterocycles. The molecule has 4 N–H and O–H groups in total. The van der Waals surface area contributed by atoms with E-state index in [1.165, 1.54) is 17.0 Å².